The summed E-state index contributed by atoms with van der Waals surface area (Å²) >= 11 is 0. The molecular weight excluding hydrogens is 369 g/mol. The Labute approximate surface area is 157 Å². The van der Waals surface area contributed by atoms with Gasteiger partial charge < -0.3 is 9.64 Å². The highest BCUT2D eigenvalue weighted by atomic mass is 32.2. The number of amidine groups is 1. The molecule has 0 radical (unpaired) electrons. The molecule has 27 heavy (non-hydrogen) atoms. The molecule has 2 heterocycles. The van der Waals surface area contributed by atoms with Crippen LogP contribution < -0.4 is 9.62 Å². The van der Waals surface area contributed by atoms with Crippen molar-refractivity contribution in [1.29, 1.82) is 0 Å². The van der Waals surface area contributed by atoms with E-state index in [-0.39, 0.29) is 16.8 Å². The number of nitrogens with one attached hydrogen (secondary N) is 2. The van der Waals surface area contributed by atoms with E-state index in [0.29, 0.717) is 31.2 Å². The third-order valence-corrected chi connectivity index (χ3v) is 6.39. The molecule has 0 spiro atoms. The van der Waals surface area contributed by atoms with Crippen LogP contribution in [0.5, 0.6) is 0 Å². The molecule has 6 nitrogen and oxygen atoms in total. The van der Waals surface area contributed by atoms with Gasteiger partial charge in [0.1, 0.15) is 30.8 Å². The van der Waals surface area contributed by atoms with Crippen molar-refractivity contribution in [2.75, 3.05) is 32.8 Å². The van der Waals surface area contributed by atoms with E-state index in [4.69, 9.17) is 4.74 Å². The van der Waals surface area contributed by atoms with Crippen LogP contribution >= 0.6 is 0 Å². The van der Waals surface area contributed by atoms with E-state index in [9.17, 15) is 12.8 Å². The fourth-order valence-corrected chi connectivity index (χ4v) is 4.83. The van der Waals surface area contributed by atoms with Crippen LogP contribution in [-0.4, -0.2) is 47.1 Å². The largest absolute Gasteiger partial charge is 0.370 e. The van der Waals surface area contributed by atoms with Crippen LogP contribution in [0.25, 0.3) is 0 Å². The molecule has 2 aliphatic heterocycles. The quantitative estimate of drug-likeness (QED) is 0.800. The molecule has 1 fully saturated rings. The van der Waals surface area contributed by atoms with E-state index in [1.54, 1.807) is 36.4 Å². The Morgan fingerprint density at radius 2 is 1.81 bits per heavy atom. The smallest absolute Gasteiger partial charge is 0.263 e. The molecular formula is C19H21FN3O3S+. The summed E-state index contributed by atoms with van der Waals surface area (Å²) < 4.78 is 45.9. The molecule has 2 aromatic carbocycles. The molecule has 8 heteroatoms. The van der Waals surface area contributed by atoms with Crippen LogP contribution in [-0.2, 0) is 14.8 Å². The molecule has 0 aliphatic carbocycles. The highest BCUT2D eigenvalue weighted by molar-refractivity contribution is 7.90. The number of hydrogen-bond acceptors (Lipinski definition) is 4. The molecule has 0 amide bonds. The van der Waals surface area contributed by atoms with E-state index < -0.39 is 10.0 Å². The second-order valence-electron chi connectivity index (χ2n) is 6.67. The van der Waals surface area contributed by atoms with Crippen LogP contribution in [0.15, 0.2) is 58.4 Å². The second-order valence-corrected chi connectivity index (χ2v) is 8.32. The zero-order valence-electron chi connectivity index (χ0n) is 14.7. The van der Waals surface area contributed by atoms with Gasteiger partial charge in [-0.05, 0) is 24.3 Å². The lowest BCUT2D eigenvalue weighted by molar-refractivity contribution is -0.937. The van der Waals surface area contributed by atoms with Gasteiger partial charge in [0.2, 0.25) is 0 Å². The Kier molecular flexibility index (Phi) is 4.94. The Morgan fingerprint density at radius 1 is 1.11 bits per heavy atom. The van der Waals surface area contributed by atoms with Crippen LogP contribution in [0.4, 0.5) is 4.39 Å². The lowest BCUT2D eigenvalue weighted by Crippen LogP contribution is -3.14. The van der Waals surface area contributed by atoms with Crippen molar-refractivity contribution in [2.24, 2.45) is 4.99 Å². The first kappa shape index (κ1) is 18.1. The van der Waals surface area contributed by atoms with Crippen molar-refractivity contribution in [3.63, 3.8) is 0 Å². The standard InChI is InChI=1S/C19H20FN3O3S/c20-15-7-5-14(6-8-15)17(23-9-11-26-12-10-23)13-21-19-16-3-1-2-4-18(16)27(24,25)22-19/h1-8,17H,9-13H2,(H,21,22)/p+1/t17-/m1/s1. The van der Waals surface area contributed by atoms with Crippen molar-refractivity contribution in [1.82, 2.24) is 4.72 Å². The van der Waals surface area contributed by atoms with Crippen molar-refractivity contribution in [3.8, 4) is 0 Å². The summed E-state index contributed by atoms with van der Waals surface area (Å²) in [4.78, 5) is 6.15. The number of nitrogens with zero attached hydrogens (tertiary/aromatic N) is 1. The summed E-state index contributed by atoms with van der Waals surface area (Å²) in [7, 11) is -3.55. The van der Waals surface area contributed by atoms with E-state index in [1.807, 2.05) is 0 Å². The molecule has 2 aliphatic rings. The van der Waals surface area contributed by atoms with Gasteiger partial charge in [-0.3, -0.25) is 9.71 Å². The number of aliphatic imine (C=N–C) groups is 1. The van der Waals surface area contributed by atoms with Gasteiger partial charge in [-0.25, -0.2) is 12.8 Å². The minimum Gasteiger partial charge on any atom is -0.370 e. The fourth-order valence-electron chi connectivity index (χ4n) is 3.58. The molecule has 142 valence electrons. The predicted molar refractivity (Wildman–Crippen MR) is 98.8 cm³/mol. The first-order valence-electron chi connectivity index (χ1n) is 8.89. The Bertz CT molecular complexity index is 954. The zero-order valence-corrected chi connectivity index (χ0v) is 15.5. The number of quaternary nitrogens is 1. The maximum absolute atomic E-state index is 13.3. The number of rotatable bonds is 4. The number of halogens is 1. The highest BCUT2D eigenvalue weighted by Gasteiger charge is 2.31. The SMILES string of the molecule is O=S1(=O)NC(=NC[C@H](c2ccc(F)cc2)[NH+]2CCOCC2)c2ccccc21. The molecule has 2 aromatic rings. The van der Waals surface area contributed by atoms with Gasteiger partial charge in [0.25, 0.3) is 10.0 Å². The van der Waals surface area contributed by atoms with E-state index in [2.05, 4.69) is 9.71 Å². The normalized spacial score (nSPS) is 21.6. The third kappa shape index (κ3) is 3.73. The van der Waals surface area contributed by atoms with Gasteiger partial charge in [-0.15, -0.1) is 0 Å². The molecule has 0 saturated carbocycles. The number of sulfonamides is 1. The maximum Gasteiger partial charge on any atom is 0.263 e. The van der Waals surface area contributed by atoms with E-state index in [0.717, 1.165) is 18.7 Å². The molecule has 0 aromatic heterocycles. The van der Waals surface area contributed by atoms with Crippen molar-refractivity contribution in [3.05, 3.63) is 65.5 Å². The summed E-state index contributed by atoms with van der Waals surface area (Å²) in [5, 5.41) is 0. The summed E-state index contributed by atoms with van der Waals surface area (Å²) in [6, 6.07) is 13.3. The maximum atomic E-state index is 13.3. The minimum atomic E-state index is -3.55. The first-order valence-corrected chi connectivity index (χ1v) is 10.4. The highest BCUT2D eigenvalue weighted by Crippen LogP contribution is 2.22. The number of benzene rings is 2. The average Bonchev–Trinajstić information content (AvgIpc) is 2.95. The summed E-state index contributed by atoms with van der Waals surface area (Å²) in [5.41, 5.74) is 1.57. The van der Waals surface area contributed by atoms with Gasteiger partial charge in [0, 0.05) is 11.1 Å². The molecule has 0 bridgehead atoms. The minimum absolute atomic E-state index is 0.000679. The monoisotopic (exact) mass is 390 g/mol. The van der Waals surface area contributed by atoms with Gasteiger partial charge in [-0.2, -0.15) is 0 Å². The Balaban J connectivity index is 1.64. The second kappa shape index (κ2) is 7.38. The fraction of sp³-hybridized carbons (Fsp3) is 0.316. The van der Waals surface area contributed by atoms with E-state index >= 15 is 0 Å². The third-order valence-electron chi connectivity index (χ3n) is 4.99. The number of ether oxygens (including phenoxy) is 1. The number of hydrogen-bond donors (Lipinski definition) is 2. The number of morpholine rings is 1. The van der Waals surface area contributed by atoms with E-state index in [1.165, 1.54) is 17.0 Å². The molecule has 1 saturated heterocycles. The van der Waals surface area contributed by atoms with Crippen LogP contribution in [0, 0.1) is 5.82 Å². The van der Waals surface area contributed by atoms with Gasteiger partial charge in [-0.1, -0.05) is 24.3 Å². The predicted octanol–water partition coefficient (Wildman–Crippen LogP) is 0.521. The first-order chi connectivity index (χ1) is 13.0. The van der Waals surface area contributed by atoms with Gasteiger partial charge in [0.15, 0.2) is 0 Å². The topological polar surface area (TPSA) is 72.2 Å². The lowest BCUT2D eigenvalue weighted by atomic mass is 10.0. The van der Waals surface area contributed by atoms with Crippen LogP contribution in [0.3, 0.4) is 0 Å². The summed E-state index contributed by atoms with van der Waals surface area (Å²) in [6.07, 6.45) is 0. The van der Waals surface area contributed by atoms with Crippen molar-refractivity contribution in [2.45, 2.75) is 10.9 Å². The van der Waals surface area contributed by atoms with Gasteiger partial charge in [0.05, 0.1) is 24.7 Å². The Morgan fingerprint density at radius 3 is 2.56 bits per heavy atom. The molecule has 2 N–H and O–H groups in total. The molecule has 4 rings (SSSR count). The molecule has 0 unspecified atom stereocenters. The zero-order chi connectivity index (χ0) is 18.9. The molecule has 1 atom stereocenters. The Hall–Kier alpha value is -2.29. The van der Waals surface area contributed by atoms with Crippen LogP contribution in [0.1, 0.15) is 17.2 Å². The summed E-state index contributed by atoms with van der Waals surface area (Å²) in [5.74, 6) is 0.0867. The average molecular weight is 390 g/mol. The van der Waals surface area contributed by atoms with Crippen molar-refractivity contribution >= 4 is 15.9 Å². The summed E-state index contributed by atoms with van der Waals surface area (Å²) in [6.45, 7) is 3.38. The van der Waals surface area contributed by atoms with Crippen molar-refractivity contribution < 1.29 is 22.4 Å². The number of fused-ring (bicyclic) bond motifs is 1. The van der Waals surface area contributed by atoms with Gasteiger partial charge >= 0.3 is 0 Å². The lowest BCUT2D eigenvalue weighted by Gasteiger charge is -2.31. The van der Waals surface area contributed by atoms with Crippen LogP contribution in [0.2, 0.25) is 0 Å².